The molecule has 0 amide bonds. The molecule has 0 saturated heterocycles. The van der Waals surface area contributed by atoms with Crippen molar-refractivity contribution < 1.29 is 32.2 Å². The lowest BCUT2D eigenvalue weighted by atomic mass is 9.99. The molecule has 0 fully saturated rings. The van der Waals surface area contributed by atoms with Gasteiger partial charge in [0, 0.05) is 12.1 Å². The summed E-state index contributed by atoms with van der Waals surface area (Å²) < 4.78 is 41.1. The zero-order valence-electron chi connectivity index (χ0n) is 17.7. The van der Waals surface area contributed by atoms with Crippen LogP contribution in [-0.2, 0) is 21.2 Å². The Morgan fingerprint density at radius 2 is 1.81 bits per heavy atom. The monoisotopic (exact) mass is 447 g/mol. The summed E-state index contributed by atoms with van der Waals surface area (Å²) in [4.78, 5) is 24.9. The van der Waals surface area contributed by atoms with Gasteiger partial charge >= 0.3 is 5.97 Å². The molecule has 0 N–H and O–H groups in total. The molecule has 1 aliphatic rings. The number of carbonyl (C=O) groups excluding carboxylic acids is 2. The summed E-state index contributed by atoms with van der Waals surface area (Å²) in [5.74, 6) is -0.121. The quantitative estimate of drug-likeness (QED) is 0.453. The van der Waals surface area contributed by atoms with Gasteiger partial charge in [0.05, 0.1) is 31.2 Å². The molecular formula is C22H25NO7S. The Hall–Kier alpha value is -3.07. The number of benzene rings is 2. The summed E-state index contributed by atoms with van der Waals surface area (Å²) in [5, 5.41) is 0. The molecule has 0 radical (unpaired) electrons. The van der Waals surface area contributed by atoms with Crippen LogP contribution >= 0.6 is 0 Å². The van der Waals surface area contributed by atoms with Crippen LogP contribution in [0.25, 0.3) is 0 Å². The molecule has 166 valence electrons. The summed E-state index contributed by atoms with van der Waals surface area (Å²) >= 11 is 0. The molecule has 2 aromatic carbocycles. The highest BCUT2D eigenvalue weighted by Crippen LogP contribution is 2.30. The van der Waals surface area contributed by atoms with E-state index in [-0.39, 0.29) is 11.3 Å². The van der Waals surface area contributed by atoms with Crippen LogP contribution < -0.4 is 13.8 Å². The van der Waals surface area contributed by atoms with E-state index in [0.717, 1.165) is 11.8 Å². The lowest BCUT2D eigenvalue weighted by molar-refractivity contribution is 0.0474. The van der Waals surface area contributed by atoms with E-state index in [4.69, 9.17) is 14.2 Å². The molecule has 0 aliphatic carbocycles. The zero-order valence-corrected chi connectivity index (χ0v) is 18.5. The molecule has 8 nitrogen and oxygen atoms in total. The van der Waals surface area contributed by atoms with Crippen LogP contribution in [0.3, 0.4) is 0 Å². The number of hydrogen-bond donors (Lipinski definition) is 0. The fourth-order valence-electron chi connectivity index (χ4n) is 3.45. The second kappa shape index (κ2) is 9.38. The van der Waals surface area contributed by atoms with Crippen LogP contribution in [-0.4, -0.2) is 53.3 Å². The Bertz CT molecular complexity index is 1100. The van der Waals surface area contributed by atoms with Crippen molar-refractivity contribution in [1.29, 1.82) is 0 Å². The number of nitrogens with zero attached hydrogens (tertiary/aromatic N) is 1. The van der Waals surface area contributed by atoms with Crippen molar-refractivity contribution in [3.63, 3.8) is 0 Å². The number of carbonyl (C=O) groups is 2. The summed E-state index contributed by atoms with van der Waals surface area (Å²) in [6, 6.07) is 9.50. The molecule has 31 heavy (non-hydrogen) atoms. The minimum Gasteiger partial charge on any atom is -0.493 e. The Labute approximate surface area is 181 Å². The molecule has 9 heteroatoms. The summed E-state index contributed by atoms with van der Waals surface area (Å²) in [6.07, 6.45) is 2.51. The molecule has 0 saturated carbocycles. The lowest BCUT2D eigenvalue weighted by Gasteiger charge is -2.29. The van der Waals surface area contributed by atoms with Crippen molar-refractivity contribution in [2.45, 2.75) is 19.8 Å². The average molecular weight is 448 g/mol. The SMILES string of the molecule is CCOc1ccc(C(=O)OCC(=O)c2ccc3c(c2)CCCN3S(C)(=O)=O)cc1OC. The van der Waals surface area contributed by atoms with Crippen molar-refractivity contribution in [2.75, 3.05) is 37.4 Å². The minimum absolute atomic E-state index is 0.238. The van der Waals surface area contributed by atoms with E-state index < -0.39 is 22.6 Å². The van der Waals surface area contributed by atoms with Gasteiger partial charge < -0.3 is 14.2 Å². The summed E-state index contributed by atoms with van der Waals surface area (Å²) in [6.45, 7) is 2.29. The number of Topliss-reactive ketones (excluding diaryl/α,β-unsaturated/α-hetero) is 1. The first kappa shape index (κ1) is 22.6. The van der Waals surface area contributed by atoms with Gasteiger partial charge in [0.25, 0.3) is 0 Å². The molecule has 0 atom stereocenters. The van der Waals surface area contributed by atoms with Gasteiger partial charge in [-0.15, -0.1) is 0 Å². The predicted octanol–water partition coefficient (Wildman–Crippen LogP) is 2.85. The van der Waals surface area contributed by atoms with Gasteiger partial charge in [0.2, 0.25) is 10.0 Å². The van der Waals surface area contributed by atoms with Crippen molar-refractivity contribution in [3.05, 3.63) is 53.1 Å². The Morgan fingerprint density at radius 1 is 1.06 bits per heavy atom. The normalized spacial score (nSPS) is 13.3. The largest absolute Gasteiger partial charge is 0.493 e. The topological polar surface area (TPSA) is 99.2 Å². The van der Waals surface area contributed by atoms with Gasteiger partial charge in [0.1, 0.15) is 0 Å². The van der Waals surface area contributed by atoms with Crippen LogP contribution in [0.4, 0.5) is 5.69 Å². The van der Waals surface area contributed by atoms with Crippen molar-refractivity contribution in [1.82, 2.24) is 0 Å². The molecular weight excluding hydrogens is 422 g/mol. The Balaban J connectivity index is 1.69. The molecule has 0 unspecified atom stereocenters. The smallest absolute Gasteiger partial charge is 0.338 e. The average Bonchev–Trinajstić information content (AvgIpc) is 2.76. The summed E-state index contributed by atoms with van der Waals surface area (Å²) in [5.41, 5.74) is 1.97. The van der Waals surface area contributed by atoms with Gasteiger partial charge in [0.15, 0.2) is 23.9 Å². The fraction of sp³-hybridized carbons (Fsp3) is 0.364. The number of sulfonamides is 1. The number of aryl methyl sites for hydroxylation is 1. The first-order valence-corrected chi connectivity index (χ1v) is 11.7. The van der Waals surface area contributed by atoms with E-state index in [1.54, 1.807) is 30.3 Å². The number of ketones is 1. The van der Waals surface area contributed by atoms with E-state index in [2.05, 4.69) is 0 Å². The van der Waals surface area contributed by atoms with Crippen LogP contribution in [0.1, 0.15) is 39.6 Å². The van der Waals surface area contributed by atoms with Crippen LogP contribution in [0, 0.1) is 0 Å². The van der Waals surface area contributed by atoms with E-state index >= 15 is 0 Å². The standard InChI is InChI=1S/C22H25NO7S/c1-4-29-20-10-8-17(13-21(20)28-2)22(25)30-14-19(24)16-7-9-18-15(12-16)6-5-11-23(18)31(3,26)27/h7-10,12-13H,4-6,11,14H2,1-3H3. The van der Waals surface area contributed by atoms with E-state index in [9.17, 15) is 18.0 Å². The molecule has 0 bridgehead atoms. The fourth-order valence-corrected chi connectivity index (χ4v) is 4.44. The molecule has 0 spiro atoms. The number of ether oxygens (including phenoxy) is 3. The third-order valence-electron chi connectivity index (χ3n) is 4.91. The van der Waals surface area contributed by atoms with Gasteiger partial charge in [-0.25, -0.2) is 13.2 Å². The first-order chi connectivity index (χ1) is 14.7. The number of hydrogen-bond acceptors (Lipinski definition) is 7. The highest BCUT2D eigenvalue weighted by Gasteiger charge is 2.25. The highest BCUT2D eigenvalue weighted by molar-refractivity contribution is 7.92. The van der Waals surface area contributed by atoms with Crippen LogP contribution in [0.2, 0.25) is 0 Å². The van der Waals surface area contributed by atoms with Gasteiger partial charge in [-0.3, -0.25) is 9.10 Å². The number of methoxy groups -OCH3 is 1. The van der Waals surface area contributed by atoms with Gasteiger partial charge in [-0.05, 0) is 61.7 Å². The lowest BCUT2D eigenvalue weighted by Crippen LogP contribution is -2.34. The van der Waals surface area contributed by atoms with Crippen LogP contribution in [0.15, 0.2) is 36.4 Å². The number of anilines is 1. The van der Waals surface area contributed by atoms with E-state index in [1.807, 2.05) is 6.92 Å². The molecule has 2 aromatic rings. The van der Waals surface area contributed by atoms with Crippen molar-refractivity contribution in [2.24, 2.45) is 0 Å². The Morgan fingerprint density at radius 3 is 2.48 bits per heavy atom. The predicted molar refractivity (Wildman–Crippen MR) is 116 cm³/mol. The van der Waals surface area contributed by atoms with Crippen molar-refractivity contribution in [3.8, 4) is 11.5 Å². The maximum Gasteiger partial charge on any atom is 0.338 e. The molecule has 0 aromatic heterocycles. The van der Waals surface area contributed by atoms with Gasteiger partial charge in [-0.1, -0.05) is 0 Å². The van der Waals surface area contributed by atoms with Crippen LogP contribution in [0.5, 0.6) is 11.5 Å². The molecule has 1 aliphatic heterocycles. The van der Waals surface area contributed by atoms with Gasteiger partial charge in [-0.2, -0.15) is 0 Å². The van der Waals surface area contributed by atoms with Crippen molar-refractivity contribution >= 4 is 27.5 Å². The Kier molecular flexibility index (Phi) is 6.84. The maximum atomic E-state index is 12.6. The number of esters is 1. The third kappa shape index (κ3) is 5.16. The number of fused-ring (bicyclic) bond motifs is 1. The van der Waals surface area contributed by atoms with E-state index in [0.29, 0.717) is 48.7 Å². The van der Waals surface area contributed by atoms with E-state index in [1.165, 1.54) is 17.5 Å². The third-order valence-corrected chi connectivity index (χ3v) is 6.09. The second-order valence-corrected chi connectivity index (χ2v) is 8.99. The first-order valence-electron chi connectivity index (χ1n) is 9.86. The maximum absolute atomic E-state index is 12.6. The molecule has 3 rings (SSSR count). The second-order valence-electron chi connectivity index (χ2n) is 7.08. The minimum atomic E-state index is -3.38. The molecule has 1 heterocycles. The highest BCUT2D eigenvalue weighted by atomic mass is 32.2. The number of rotatable bonds is 8. The zero-order chi connectivity index (χ0) is 22.6. The summed E-state index contributed by atoms with van der Waals surface area (Å²) in [7, 11) is -1.91.